The first kappa shape index (κ1) is 32.3. The zero-order valence-electron chi connectivity index (χ0n) is 21.6. The minimum absolute atomic E-state index is 0.617. The van der Waals surface area contributed by atoms with Crippen LogP contribution in [0.15, 0.2) is 0 Å². The molecule has 1 N–H and O–H groups in total. The maximum Gasteiger partial charge on any atom is 0.142 e. The third kappa shape index (κ3) is 25.3. The zero-order valence-corrected chi connectivity index (χ0v) is 21.6. The Morgan fingerprint density at radius 2 is 1.00 bits per heavy atom. The normalized spacial score (nSPS) is 12.3. The van der Waals surface area contributed by atoms with Gasteiger partial charge in [-0.3, -0.25) is 5.32 Å². The van der Waals surface area contributed by atoms with Gasteiger partial charge in [0.25, 0.3) is 0 Å². The van der Waals surface area contributed by atoms with E-state index in [1.54, 1.807) is 0 Å². The van der Waals surface area contributed by atoms with Crippen LogP contribution in [0.4, 0.5) is 0 Å². The van der Waals surface area contributed by atoms with E-state index in [9.17, 15) is 0 Å². The van der Waals surface area contributed by atoms with E-state index in [-0.39, 0.29) is 0 Å². The smallest absolute Gasteiger partial charge is 0.142 e. The highest BCUT2D eigenvalue weighted by atomic mass is 16.9. The van der Waals surface area contributed by atoms with E-state index in [0.29, 0.717) is 6.17 Å². The summed E-state index contributed by atoms with van der Waals surface area (Å²) in [6.07, 6.45) is 25.0. The van der Waals surface area contributed by atoms with Gasteiger partial charge in [-0.05, 0) is 13.3 Å². The van der Waals surface area contributed by atoms with E-state index in [2.05, 4.69) is 40.2 Å². The van der Waals surface area contributed by atoms with Crippen molar-refractivity contribution in [2.75, 3.05) is 27.2 Å². The lowest BCUT2D eigenvalue weighted by Crippen LogP contribution is -2.55. The number of unbranched alkanes of at least 4 members (excludes halogenated alkanes) is 15. The highest BCUT2D eigenvalue weighted by Crippen LogP contribution is 2.14. The van der Waals surface area contributed by atoms with E-state index in [1.807, 2.05) is 0 Å². The summed E-state index contributed by atoms with van der Waals surface area (Å²) in [6, 6.07) is 0. The van der Waals surface area contributed by atoms with E-state index in [0.717, 1.165) is 4.48 Å². The summed E-state index contributed by atoms with van der Waals surface area (Å²) in [7, 11) is 4.68. The van der Waals surface area contributed by atoms with Crippen LogP contribution in [0.5, 0.6) is 0 Å². The monoisotopic (exact) mass is 445 g/mol. The highest BCUT2D eigenvalue weighted by molar-refractivity contribution is 4.56. The first-order valence-electron chi connectivity index (χ1n) is 13.2. The summed E-state index contributed by atoms with van der Waals surface area (Å²) in [5.74, 6) is 0. The Labute approximate surface area is 193 Å². The van der Waals surface area contributed by atoms with Crippen LogP contribution in [-0.4, -0.2) is 42.9 Å². The molecule has 6 nitrogen and oxygen atoms in total. The standard InChI is InChI=1S/C25H55N2.NO3/c1-6-9-10-11-12-13-14-15-16-17-18-19-20-21-22-23-24-26-25(7-2)27(4,5)8-3;2-1(3)4/h25-26H,6-24H2,1-5H3;/q+1;-1. The number of nitrogens with zero attached hydrogens (tertiary/aromatic N) is 2. The van der Waals surface area contributed by atoms with Crippen LogP contribution in [0, 0.1) is 15.3 Å². The Morgan fingerprint density at radius 3 is 1.29 bits per heavy atom. The zero-order chi connectivity index (χ0) is 23.8. The average Bonchev–Trinajstić information content (AvgIpc) is 2.72. The number of hydrogen-bond donors (Lipinski definition) is 1. The molecule has 1 unspecified atom stereocenters. The molecule has 0 aliphatic heterocycles. The van der Waals surface area contributed by atoms with E-state index in [1.165, 1.54) is 122 Å². The van der Waals surface area contributed by atoms with Gasteiger partial charge in [-0.2, -0.15) is 0 Å². The van der Waals surface area contributed by atoms with Crippen molar-refractivity contribution in [2.45, 2.75) is 136 Å². The van der Waals surface area contributed by atoms with Gasteiger partial charge in [0.15, 0.2) is 0 Å². The molecule has 0 spiro atoms. The summed E-state index contributed by atoms with van der Waals surface area (Å²) in [5.41, 5.74) is 0. The van der Waals surface area contributed by atoms with Crippen molar-refractivity contribution < 1.29 is 9.57 Å². The molecular formula is C25H55N3O3. The fourth-order valence-corrected chi connectivity index (χ4v) is 4.05. The molecule has 0 heterocycles. The van der Waals surface area contributed by atoms with Crippen LogP contribution in [0.25, 0.3) is 0 Å². The lowest BCUT2D eigenvalue weighted by atomic mass is 10.0. The Kier molecular flexibility index (Phi) is 24.8. The van der Waals surface area contributed by atoms with Gasteiger partial charge < -0.3 is 19.8 Å². The molecule has 0 aromatic heterocycles. The molecule has 0 aromatic carbocycles. The molecule has 31 heavy (non-hydrogen) atoms. The summed E-state index contributed by atoms with van der Waals surface area (Å²) >= 11 is 0. The minimum Gasteiger partial charge on any atom is -0.356 e. The molecule has 0 fully saturated rings. The second-order valence-electron chi connectivity index (χ2n) is 9.50. The van der Waals surface area contributed by atoms with Gasteiger partial charge in [0, 0.05) is 13.0 Å². The van der Waals surface area contributed by atoms with Gasteiger partial charge in [0.05, 0.1) is 25.7 Å². The fraction of sp³-hybridized carbons (Fsp3) is 1.00. The van der Waals surface area contributed by atoms with Crippen LogP contribution >= 0.6 is 0 Å². The van der Waals surface area contributed by atoms with Gasteiger partial charge >= 0.3 is 0 Å². The summed E-state index contributed by atoms with van der Waals surface area (Å²) in [4.78, 5) is 8.25. The second kappa shape index (κ2) is 23.8. The van der Waals surface area contributed by atoms with E-state index in [4.69, 9.17) is 15.3 Å². The van der Waals surface area contributed by atoms with Gasteiger partial charge in [-0.25, -0.2) is 0 Å². The molecule has 0 bridgehead atoms. The molecule has 0 aliphatic rings. The van der Waals surface area contributed by atoms with Crippen molar-refractivity contribution in [3.8, 4) is 0 Å². The van der Waals surface area contributed by atoms with Crippen molar-refractivity contribution in [3.63, 3.8) is 0 Å². The van der Waals surface area contributed by atoms with Crippen molar-refractivity contribution in [3.05, 3.63) is 15.3 Å². The van der Waals surface area contributed by atoms with Crippen molar-refractivity contribution in [1.29, 1.82) is 0 Å². The number of hydrogen-bond acceptors (Lipinski definition) is 4. The number of nitrogens with one attached hydrogen (secondary N) is 1. The Hall–Kier alpha value is -0.880. The second-order valence-corrected chi connectivity index (χ2v) is 9.50. The van der Waals surface area contributed by atoms with Gasteiger partial charge in [-0.1, -0.05) is 110 Å². The number of rotatable bonds is 21. The van der Waals surface area contributed by atoms with E-state index < -0.39 is 5.09 Å². The van der Waals surface area contributed by atoms with Crippen LogP contribution < -0.4 is 5.32 Å². The summed E-state index contributed by atoms with van der Waals surface area (Å²) in [5, 5.41) is 18.5. The van der Waals surface area contributed by atoms with Crippen LogP contribution in [0.1, 0.15) is 130 Å². The molecule has 0 radical (unpaired) electrons. The molecule has 0 aromatic rings. The maximum absolute atomic E-state index is 8.25. The van der Waals surface area contributed by atoms with Crippen molar-refractivity contribution in [1.82, 2.24) is 5.32 Å². The van der Waals surface area contributed by atoms with Crippen LogP contribution in [-0.2, 0) is 0 Å². The predicted octanol–water partition coefficient (Wildman–Crippen LogP) is 7.43. The van der Waals surface area contributed by atoms with Crippen molar-refractivity contribution >= 4 is 0 Å². The number of quaternary nitrogens is 1. The maximum atomic E-state index is 8.25. The van der Waals surface area contributed by atoms with Gasteiger partial charge in [0.2, 0.25) is 0 Å². The minimum atomic E-state index is -1.75. The molecule has 6 heteroatoms. The Balaban J connectivity index is 0. The summed E-state index contributed by atoms with van der Waals surface area (Å²) < 4.78 is 1.09. The quantitative estimate of drug-likeness (QED) is 0.0655. The third-order valence-electron chi connectivity index (χ3n) is 6.46. The molecule has 0 rings (SSSR count). The lowest BCUT2D eigenvalue weighted by Gasteiger charge is -2.37. The SMILES string of the molecule is CCCCCCCCCCCCCCCCCCNC(CC)[N+](C)(C)CC.O=[N+]([O-])[O-]. The highest BCUT2D eigenvalue weighted by Gasteiger charge is 2.23. The molecule has 0 aliphatic carbocycles. The van der Waals surface area contributed by atoms with Gasteiger partial charge in [-0.15, -0.1) is 0 Å². The van der Waals surface area contributed by atoms with E-state index >= 15 is 0 Å². The molecule has 0 saturated heterocycles. The fourth-order valence-electron chi connectivity index (χ4n) is 4.05. The first-order chi connectivity index (χ1) is 14.8. The summed E-state index contributed by atoms with van der Waals surface area (Å²) in [6.45, 7) is 9.29. The molecule has 0 amide bonds. The first-order valence-corrected chi connectivity index (χ1v) is 13.2. The molecular weight excluding hydrogens is 390 g/mol. The largest absolute Gasteiger partial charge is 0.356 e. The Morgan fingerprint density at radius 1 is 0.677 bits per heavy atom. The van der Waals surface area contributed by atoms with Gasteiger partial charge in [0.1, 0.15) is 6.17 Å². The molecule has 1 atom stereocenters. The molecule has 188 valence electrons. The third-order valence-corrected chi connectivity index (χ3v) is 6.46. The topological polar surface area (TPSA) is 78.2 Å². The molecule has 0 saturated carbocycles. The predicted molar refractivity (Wildman–Crippen MR) is 135 cm³/mol. The average molecular weight is 446 g/mol. The van der Waals surface area contributed by atoms with Crippen LogP contribution in [0.3, 0.4) is 0 Å². The Bertz CT molecular complexity index is 375. The van der Waals surface area contributed by atoms with Crippen molar-refractivity contribution in [2.24, 2.45) is 0 Å². The lowest BCUT2D eigenvalue weighted by molar-refractivity contribution is -0.916. The van der Waals surface area contributed by atoms with Crippen LogP contribution in [0.2, 0.25) is 0 Å².